The van der Waals surface area contributed by atoms with Crippen LogP contribution in [-0.4, -0.2) is 9.97 Å². The maximum atomic E-state index is 11.6. The van der Waals surface area contributed by atoms with E-state index in [4.69, 9.17) is 16.9 Å². The minimum absolute atomic E-state index is 0.168. The Hall–Kier alpha value is -2.12. The summed E-state index contributed by atoms with van der Waals surface area (Å²) in [5.41, 5.74) is 1.39. The summed E-state index contributed by atoms with van der Waals surface area (Å²) < 4.78 is 0. The molecule has 0 saturated carbocycles. The third-order valence-electron chi connectivity index (χ3n) is 2.40. The Morgan fingerprint density at radius 3 is 2.88 bits per heavy atom. The summed E-state index contributed by atoms with van der Waals surface area (Å²) in [4.78, 5) is 17.9. The van der Waals surface area contributed by atoms with Crippen molar-refractivity contribution < 1.29 is 0 Å². The minimum Gasteiger partial charge on any atom is -0.313 e. The highest BCUT2D eigenvalue weighted by atomic mass is 35.5. The van der Waals surface area contributed by atoms with Gasteiger partial charge >= 0.3 is 0 Å². The van der Waals surface area contributed by atoms with Gasteiger partial charge in [0.2, 0.25) is 0 Å². The fourth-order valence-corrected chi connectivity index (χ4v) is 1.73. The van der Waals surface area contributed by atoms with Crippen molar-refractivity contribution in [2.24, 2.45) is 0 Å². The molecule has 0 atom stereocenters. The quantitative estimate of drug-likeness (QED) is 0.822. The largest absolute Gasteiger partial charge is 0.313 e. The van der Waals surface area contributed by atoms with Gasteiger partial charge in [0, 0.05) is 6.42 Å². The molecule has 0 aliphatic heterocycles. The molecule has 0 aliphatic carbocycles. The molecule has 0 bridgehead atoms. The monoisotopic (exact) mass is 245 g/mol. The average molecular weight is 246 g/mol. The number of nitriles is 1. The average Bonchev–Trinajstić information content (AvgIpc) is 2.34. The molecule has 1 aromatic carbocycles. The SMILES string of the molecule is N#Cc1ccccc1Cc1c(Cl)nc[nH]c1=O. The van der Waals surface area contributed by atoms with Crippen molar-refractivity contribution in [3.8, 4) is 6.07 Å². The molecule has 0 saturated heterocycles. The molecule has 0 aliphatic rings. The second-order valence-corrected chi connectivity index (χ2v) is 3.80. The van der Waals surface area contributed by atoms with Gasteiger partial charge in [-0.3, -0.25) is 4.79 Å². The number of aromatic nitrogens is 2. The normalized spacial score (nSPS) is 9.88. The van der Waals surface area contributed by atoms with Crippen molar-refractivity contribution >= 4 is 11.6 Å². The number of benzene rings is 1. The second-order valence-electron chi connectivity index (χ2n) is 3.45. The van der Waals surface area contributed by atoms with E-state index in [1.165, 1.54) is 6.33 Å². The zero-order chi connectivity index (χ0) is 12.3. The molecule has 17 heavy (non-hydrogen) atoms. The van der Waals surface area contributed by atoms with Gasteiger partial charge in [-0.1, -0.05) is 29.8 Å². The molecule has 0 radical (unpaired) electrons. The Morgan fingerprint density at radius 1 is 1.41 bits per heavy atom. The Balaban J connectivity index is 2.46. The first-order valence-electron chi connectivity index (χ1n) is 4.92. The number of H-pyrrole nitrogens is 1. The van der Waals surface area contributed by atoms with Gasteiger partial charge in [0.25, 0.3) is 5.56 Å². The number of nitrogens with zero attached hydrogens (tertiary/aromatic N) is 2. The van der Waals surface area contributed by atoms with Crippen molar-refractivity contribution in [2.75, 3.05) is 0 Å². The van der Waals surface area contributed by atoms with Crippen LogP contribution in [0.5, 0.6) is 0 Å². The van der Waals surface area contributed by atoms with Crippen LogP contribution < -0.4 is 5.56 Å². The van der Waals surface area contributed by atoms with Crippen molar-refractivity contribution in [3.05, 3.63) is 62.8 Å². The summed E-state index contributed by atoms with van der Waals surface area (Å²) in [5.74, 6) is 0. The number of rotatable bonds is 2. The van der Waals surface area contributed by atoms with Crippen molar-refractivity contribution in [3.63, 3.8) is 0 Å². The van der Waals surface area contributed by atoms with E-state index in [2.05, 4.69) is 16.0 Å². The van der Waals surface area contributed by atoms with Crippen LogP contribution in [0.4, 0.5) is 0 Å². The van der Waals surface area contributed by atoms with Crippen LogP contribution in [0.2, 0.25) is 5.15 Å². The number of nitrogens with one attached hydrogen (secondary N) is 1. The Bertz CT molecular complexity index is 643. The van der Waals surface area contributed by atoms with Crippen LogP contribution in [0.1, 0.15) is 16.7 Å². The Morgan fingerprint density at radius 2 is 2.18 bits per heavy atom. The summed E-state index contributed by atoms with van der Waals surface area (Å²) in [5, 5.41) is 9.12. The standard InChI is InChI=1S/C12H8ClN3O/c13-11-10(12(17)16-7-15-11)5-8-3-1-2-4-9(8)6-14/h1-4,7H,5H2,(H,15,16,17). The number of halogens is 1. The molecule has 84 valence electrons. The van der Waals surface area contributed by atoms with Crippen LogP contribution in [0.3, 0.4) is 0 Å². The summed E-state index contributed by atoms with van der Waals surface area (Å²) in [6, 6.07) is 9.16. The van der Waals surface area contributed by atoms with Gasteiger partial charge < -0.3 is 4.98 Å². The lowest BCUT2D eigenvalue weighted by Crippen LogP contribution is -2.14. The number of hydrogen-bond donors (Lipinski definition) is 1. The van der Waals surface area contributed by atoms with Crippen LogP contribution in [-0.2, 0) is 6.42 Å². The molecule has 2 aromatic rings. The van der Waals surface area contributed by atoms with E-state index in [0.717, 1.165) is 5.56 Å². The predicted molar refractivity (Wildman–Crippen MR) is 63.8 cm³/mol. The van der Waals surface area contributed by atoms with Crippen molar-refractivity contribution in [2.45, 2.75) is 6.42 Å². The van der Waals surface area contributed by atoms with Crippen LogP contribution >= 0.6 is 11.6 Å². The van der Waals surface area contributed by atoms with Crippen LogP contribution in [0.15, 0.2) is 35.4 Å². The lowest BCUT2D eigenvalue weighted by Gasteiger charge is -2.04. The van der Waals surface area contributed by atoms with E-state index < -0.39 is 0 Å². The highest BCUT2D eigenvalue weighted by Gasteiger charge is 2.09. The molecule has 5 heteroatoms. The van der Waals surface area contributed by atoms with Crippen molar-refractivity contribution in [1.82, 2.24) is 9.97 Å². The second kappa shape index (κ2) is 4.81. The lowest BCUT2D eigenvalue weighted by molar-refractivity contribution is 1.02. The van der Waals surface area contributed by atoms with Gasteiger partial charge in [-0.15, -0.1) is 0 Å². The van der Waals surface area contributed by atoms with E-state index in [-0.39, 0.29) is 10.7 Å². The number of hydrogen-bond acceptors (Lipinski definition) is 3. The first kappa shape index (κ1) is 11.4. The van der Waals surface area contributed by atoms with Crippen LogP contribution in [0.25, 0.3) is 0 Å². The van der Waals surface area contributed by atoms with E-state index >= 15 is 0 Å². The maximum Gasteiger partial charge on any atom is 0.255 e. The summed E-state index contributed by atoms with van der Waals surface area (Å²) in [7, 11) is 0. The molecule has 0 fully saturated rings. The van der Waals surface area contributed by atoms with Gasteiger partial charge in [0.1, 0.15) is 5.15 Å². The van der Waals surface area contributed by atoms with Gasteiger partial charge in [-0.2, -0.15) is 5.26 Å². The molecule has 0 amide bonds. The highest BCUT2D eigenvalue weighted by Crippen LogP contribution is 2.15. The molecular formula is C12H8ClN3O. The summed E-state index contributed by atoms with van der Waals surface area (Å²) in [6.45, 7) is 0. The molecule has 0 spiro atoms. The first-order chi connectivity index (χ1) is 8.22. The smallest absolute Gasteiger partial charge is 0.255 e. The van der Waals surface area contributed by atoms with E-state index in [0.29, 0.717) is 17.5 Å². The third kappa shape index (κ3) is 2.35. The minimum atomic E-state index is -0.280. The summed E-state index contributed by atoms with van der Waals surface area (Å²) in [6.07, 6.45) is 1.55. The lowest BCUT2D eigenvalue weighted by atomic mass is 10.0. The van der Waals surface area contributed by atoms with Gasteiger partial charge in [0.05, 0.1) is 23.5 Å². The van der Waals surface area contributed by atoms with E-state index in [1.807, 2.05) is 6.07 Å². The third-order valence-corrected chi connectivity index (χ3v) is 2.73. The molecule has 1 heterocycles. The topological polar surface area (TPSA) is 69.5 Å². The van der Waals surface area contributed by atoms with Crippen molar-refractivity contribution in [1.29, 1.82) is 5.26 Å². The van der Waals surface area contributed by atoms with Gasteiger partial charge in [0.15, 0.2) is 0 Å². The fourth-order valence-electron chi connectivity index (χ4n) is 1.53. The summed E-state index contributed by atoms with van der Waals surface area (Å²) >= 11 is 5.86. The molecule has 0 unspecified atom stereocenters. The zero-order valence-corrected chi connectivity index (χ0v) is 9.53. The van der Waals surface area contributed by atoms with Gasteiger partial charge in [-0.05, 0) is 11.6 Å². The Kier molecular flexibility index (Phi) is 3.22. The maximum absolute atomic E-state index is 11.6. The molecule has 1 aromatic heterocycles. The first-order valence-corrected chi connectivity index (χ1v) is 5.30. The highest BCUT2D eigenvalue weighted by molar-refractivity contribution is 6.30. The van der Waals surface area contributed by atoms with E-state index in [1.54, 1.807) is 18.2 Å². The molecular weight excluding hydrogens is 238 g/mol. The van der Waals surface area contributed by atoms with E-state index in [9.17, 15) is 4.79 Å². The Labute approximate surface area is 103 Å². The fraction of sp³-hybridized carbons (Fsp3) is 0.0833. The zero-order valence-electron chi connectivity index (χ0n) is 8.77. The van der Waals surface area contributed by atoms with Gasteiger partial charge in [-0.25, -0.2) is 4.98 Å². The predicted octanol–water partition coefficient (Wildman–Crippen LogP) is 1.89. The van der Waals surface area contributed by atoms with Crippen LogP contribution in [0, 0.1) is 11.3 Å². The molecule has 4 nitrogen and oxygen atoms in total. The molecule has 2 rings (SSSR count). The molecule has 1 N–H and O–H groups in total. The number of aromatic amines is 1.